The number of hydrogen-bond acceptors (Lipinski definition) is 6. The molecule has 1 fully saturated rings. The van der Waals surface area contributed by atoms with E-state index in [1.165, 1.54) is 12.3 Å². The summed E-state index contributed by atoms with van der Waals surface area (Å²) in [5.74, 6) is -0.600. The molecule has 160 valence electrons. The van der Waals surface area contributed by atoms with Crippen molar-refractivity contribution in [3.63, 3.8) is 0 Å². The van der Waals surface area contributed by atoms with Crippen molar-refractivity contribution in [2.24, 2.45) is 0 Å². The Bertz CT molecular complexity index is 1180. The minimum Gasteiger partial charge on any atom is -0.485 e. The highest BCUT2D eigenvalue weighted by Crippen LogP contribution is 2.42. The third-order valence-electron chi connectivity index (χ3n) is 5.56. The Hall–Kier alpha value is -3.55. The molecule has 2 aromatic heterocycles. The van der Waals surface area contributed by atoms with Gasteiger partial charge < -0.3 is 19.3 Å². The van der Waals surface area contributed by atoms with Crippen LogP contribution in [0.3, 0.4) is 0 Å². The molecule has 0 atom stereocenters. The molecule has 1 aliphatic carbocycles. The molecule has 5 rings (SSSR count). The van der Waals surface area contributed by atoms with Gasteiger partial charge >= 0.3 is 5.97 Å². The zero-order chi connectivity index (χ0) is 21.6. The molecular formula is C23H23N3O5. The highest BCUT2D eigenvalue weighted by molar-refractivity contribution is 5.94. The van der Waals surface area contributed by atoms with Gasteiger partial charge in [-0.05, 0) is 25.0 Å². The number of rotatable bonds is 6. The van der Waals surface area contributed by atoms with Crippen LogP contribution in [-0.2, 0) is 9.47 Å². The van der Waals surface area contributed by atoms with E-state index in [-0.39, 0.29) is 12.3 Å². The SMILES string of the molecule is CC1(C)OC=C(COc2cc(C(=O)O)nc3c2c(C2CCC2)nn3-c2ccccc2)O1. The Morgan fingerprint density at radius 2 is 2.06 bits per heavy atom. The van der Waals surface area contributed by atoms with Crippen molar-refractivity contribution in [2.45, 2.75) is 44.8 Å². The van der Waals surface area contributed by atoms with Crippen molar-refractivity contribution in [3.05, 3.63) is 59.8 Å². The largest absolute Gasteiger partial charge is 0.485 e. The second-order valence-electron chi connectivity index (χ2n) is 8.26. The summed E-state index contributed by atoms with van der Waals surface area (Å²) < 4.78 is 18.9. The first-order valence-electron chi connectivity index (χ1n) is 10.3. The summed E-state index contributed by atoms with van der Waals surface area (Å²) in [5, 5.41) is 15.3. The molecule has 0 amide bonds. The van der Waals surface area contributed by atoms with Gasteiger partial charge in [0.05, 0.1) is 16.8 Å². The zero-order valence-corrected chi connectivity index (χ0v) is 17.4. The number of ether oxygens (including phenoxy) is 3. The topological polar surface area (TPSA) is 95.7 Å². The normalized spacial score (nSPS) is 17.5. The summed E-state index contributed by atoms with van der Waals surface area (Å²) in [6.45, 7) is 3.73. The second-order valence-corrected chi connectivity index (χ2v) is 8.26. The predicted octanol–water partition coefficient (Wildman–Crippen LogP) is 4.39. The molecule has 2 aliphatic rings. The van der Waals surface area contributed by atoms with Crippen molar-refractivity contribution in [1.29, 1.82) is 0 Å². The number of pyridine rings is 1. The number of aromatic carboxylic acids is 1. The van der Waals surface area contributed by atoms with E-state index in [1.807, 2.05) is 44.2 Å². The highest BCUT2D eigenvalue weighted by atomic mass is 16.7. The Morgan fingerprint density at radius 1 is 1.29 bits per heavy atom. The van der Waals surface area contributed by atoms with Crippen LogP contribution in [0.5, 0.6) is 5.75 Å². The third kappa shape index (κ3) is 3.58. The van der Waals surface area contributed by atoms with Crippen molar-refractivity contribution in [3.8, 4) is 11.4 Å². The van der Waals surface area contributed by atoms with Crippen LogP contribution in [0.15, 0.2) is 48.4 Å². The Labute approximate surface area is 179 Å². The standard InChI is InChI=1S/C23H23N3O5/c1-23(2)30-13-16(31-23)12-29-18-11-17(22(27)28)24-21-19(18)20(14-7-6-8-14)25-26(21)15-9-4-3-5-10-15/h3-5,9-11,13-14H,6-8,12H2,1-2H3,(H,27,28). The number of aromatic nitrogens is 3. The van der Waals surface area contributed by atoms with Crippen LogP contribution in [0.2, 0.25) is 0 Å². The van der Waals surface area contributed by atoms with Crippen LogP contribution in [0.4, 0.5) is 0 Å². The average Bonchev–Trinajstić information content (AvgIpc) is 3.25. The maximum Gasteiger partial charge on any atom is 0.354 e. The Balaban J connectivity index is 1.63. The maximum atomic E-state index is 11.8. The summed E-state index contributed by atoms with van der Waals surface area (Å²) in [6, 6.07) is 11.1. The quantitative estimate of drug-likeness (QED) is 0.631. The van der Waals surface area contributed by atoms with Crippen LogP contribution in [0, 0.1) is 0 Å². The number of benzene rings is 1. The number of hydrogen-bond donors (Lipinski definition) is 1. The average molecular weight is 421 g/mol. The summed E-state index contributed by atoms with van der Waals surface area (Å²) in [6.07, 6.45) is 4.75. The van der Waals surface area contributed by atoms with Gasteiger partial charge in [-0.25, -0.2) is 14.5 Å². The van der Waals surface area contributed by atoms with E-state index in [2.05, 4.69) is 4.98 Å². The number of carbonyl (C=O) groups is 1. The number of carboxylic acids is 1. The van der Waals surface area contributed by atoms with Gasteiger partial charge in [-0.3, -0.25) is 0 Å². The van der Waals surface area contributed by atoms with Crippen LogP contribution in [-0.4, -0.2) is 38.2 Å². The molecule has 0 saturated heterocycles. The monoisotopic (exact) mass is 421 g/mol. The Kier molecular flexibility index (Phi) is 4.57. The molecule has 8 heteroatoms. The van der Waals surface area contributed by atoms with Crippen LogP contribution in [0.1, 0.15) is 55.2 Å². The molecule has 3 heterocycles. The van der Waals surface area contributed by atoms with Crippen LogP contribution in [0.25, 0.3) is 16.7 Å². The maximum absolute atomic E-state index is 11.8. The molecule has 3 aromatic rings. The van der Waals surface area contributed by atoms with Gasteiger partial charge in [-0.2, -0.15) is 5.10 Å². The first kappa shape index (κ1) is 19.4. The number of nitrogens with zero attached hydrogens (tertiary/aromatic N) is 3. The molecule has 0 unspecified atom stereocenters. The summed E-state index contributed by atoms with van der Waals surface area (Å²) >= 11 is 0. The predicted molar refractivity (Wildman–Crippen MR) is 112 cm³/mol. The first-order chi connectivity index (χ1) is 14.9. The number of para-hydroxylation sites is 1. The van der Waals surface area contributed by atoms with Crippen molar-refractivity contribution >= 4 is 17.0 Å². The second kappa shape index (κ2) is 7.30. The summed E-state index contributed by atoms with van der Waals surface area (Å²) in [4.78, 5) is 16.2. The number of carboxylic acid groups (broad SMARTS) is 1. The smallest absolute Gasteiger partial charge is 0.354 e. The molecule has 1 saturated carbocycles. The minimum atomic E-state index is -1.13. The van der Waals surface area contributed by atoms with Crippen molar-refractivity contribution in [2.75, 3.05) is 6.61 Å². The lowest BCUT2D eigenvalue weighted by molar-refractivity contribution is -0.119. The van der Waals surface area contributed by atoms with E-state index in [0.29, 0.717) is 23.1 Å². The lowest BCUT2D eigenvalue weighted by atomic mass is 9.82. The van der Waals surface area contributed by atoms with Gasteiger partial charge in [0, 0.05) is 25.8 Å². The zero-order valence-electron chi connectivity index (χ0n) is 17.4. The van der Waals surface area contributed by atoms with Crippen LogP contribution < -0.4 is 4.74 Å². The molecule has 0 radical (unpaired) electrons. The van der Waals surface area contributed by atoms with E-state index in [1.54, 1.807) is 4.68 Å². The summed E-state index contributed by atoms with van der Waals surface area (Å²) in [7, 11) is 0. The van der Waals surface area contributed by atoms with Crippen molar-refractivity contribution < 1.29 is 24.1 Å². The van der Waals surface area contributed by atoms with Crippen molar-refractivity contribution in [1.82, 2.24) is 14.8 Å². The van der Waals surface area contributed by atoms with E-state index >= 15 is 0 Å². The fraction of sp³-hybridized carbons (Fsp3) is 0.348. The lowest BCUT2D eigenvalue weighted by Crippen LogP contribution is -2.21. The molecule has 1 N–H and O–H groups in total. The lowest BCUT2D eigenvalue weighted by Gasteiger charge is -2.24. The molecular weight excluding hydrogens is 398 g/mol. The van der Waals surface area contributed by atoms with Gasteiger partial charge in [0.15, 0.2) is 17.1 Å². The molecule has 0 bridgehead atoms. The van der Waals surface area contributed by atoms with Crippen LogP contribution >= 0.6 is 0 Å². The first-order valence-corrected chi connectivity index (χ1v) is 10.3. The molecule has 0 spiro atoms. The molecule has 1 aromatic carbocycles. The van der Waals surface area contributed by atoms with Gasteiger partial charge in [0.25, 0.3) is 0 Å². The number of fused-ring (bicyclic) bond motifs is 1. The molecule has 1 aliphatic heterocycles. The molecule has 31 heavy (non-hydrogen) atoms. The van der Waals surface area contributed by atoms with E-state index < -0.39 is 11.8 Å². The molecule has 8 nitrogen and oxygen atoms in total. The fourth-order valence-corrected chi connectivity index (χ4v) is 3.83. The van der Waals surface area contributed by atoms with E-state index in [0.717, 1.165) is 36.0 Å². The van der Waals surface area contributed by atoms with E-state index in [9.17, 15) is 9.90 Å². The van der Waals surface area contributed by atoms with E-state index in [4.69, 9.17) is 19.3 Å². The highest BCUT2D eigenvalue weighted by Gasteiger charge is 2.31. The Morgan fingerprint density at radius 3 is 2.68 bits per heavy atom. The van der Waals surface area contributed by atoms with Gasteiger partial charge in [0.2, 0.25) is 5.79 Å². The minimum absolute atomic E-state index is 0.0994. The summed E-state index contributed by atoms with van der Waals surface area (Å²) in [5.41, 5.74) is 2.08. The van der Waals surface area contributed by atoms with Gasteiger partial charge in [-0.15, -0.1) is 0 Å². The fourth-order valence-electron chi connectivity index (χ4n) is 3.83. The third-order valence-corrected chi connectivity index (χ3v) is 5.56. The van der Waals surface area contributed by atoms with Gasteiger partial charge in [-0.1, -0.05) is 24.6 Å². The van der Waals surface area contributed by atoms with Gasteiger partial charge in [0.1, 0.15) is 18.6 Å².